The van der Waals surface area contributed by atoms with Crippen LogP contribution < -0.4 is 5.32 Å². The molecule has 0 amide bonds. The molecule has 0 bridgehead atoms. The monoisotopic (exact) mass is 243 g/mol. The van der Waals surface area contributed by atoms with Crippen LogP contribution in [0.3, 0.4) is 0 Å². The first-order chi connectivity index (χ1) is 8.75. The van der Waals surface area contributed by atoms with Crippen LogP contribution in [0, 0.1) is 0 Å². The van der Waals surface area contributed by atoms with E-state index >= 15 is 0 Å². The van der Waals surface area contributed by atoms with Gasteiger partial charge in [0.25, 0.3) is 0 Å². The number of fused-ring (bicyclic) bond motifs is 1. The van der Waals surface area contributed by atoms with Gasteiger partial charge in [-0.15, -0.1) is 0 Å². The highest BCUT2D eigenvalue weighted by Gasteiger charge is 2.23. The Morgan fingerprint density at radius 3 is 2.78 bits per heavy atom. The third-order valence-corrected chi connectivity index (χ3v) is 3.48. The third-order valence-electron chi connectivity index (χ3n) is 3.48. The molecule has 1 aromatic heterocycles. The summed E-state index contributed by atoms with van der Waals surface area (Å²) < 4.78 is 1.87. The highest BCUT2D eigenvalue weighted by Crippen LogP contribution is 2.28. The van der Waals surface area contributed by atoms with Gasteiger partial charge in [0.15, 0.2) is 0 Å². The topological polar surface area (TPSA) is 55.6 Å². The molecule has 0 fully saturated rings. The fraction of sp³-hybridized carbons (Fsp3) is 0.462. The van der Waals surface area contributed by atoms with Crippen molar-refractivity contribution in [3.05, 3.63) is 35.4 Å². The molecule has 2 aromatic rings. The van der Waals surface area contributed by atoms with E-state index in [-0.39, 0.29) is 6.04 Å². The zero-order valence-corrected chi connectivity index (χ0v) is 10.7. The molecule has 1 atom stereocenters. The molecule has 1 aromatic carbocycles. The molecule has 5 heteroatoms. The van der Waals surface area contributed by atoms with E-state index in [2.05, 4.69) is 59.0 Å². The fourth-order valence-corrected chi connectivity index (χ4v) is 2.37. The van der Waals surface area contributed by atoms with E-state index in [0.717, 1.165) is 18.9 Å². The van der Waals surface area contributed by atoms with E-state index in [9.17, 15) is 0 Å². The molecule has 0 aliphatic carbocycles. The minimum absolute atomic E-state index is 0.248. The maximum atomic E-state index is 4.07. The van der Waals surface area contributed by atoms with E-state index in [1.807, 2.05) is 4.68 Å². The Bertz CT molecular complexity index is 529. The molecule has 0 spiro atoms. The summed E-state index contributed by atoms with van der Waals surface area (Å²) in [5.41, 5.74) is 2.64. The van der Waals surface area contributed by atoms with Gasteiger partial charge in [0.05, 0.1) is 6.04 Å². The van der Waals surface area contributed by atoms with Crippen LogP contribution in [-0.2, 0) is 0 Å². The maximum absolute atomic E-state index is 4.07. The zero-order valence-electron chi connectivity index (χ0n) is 10.7. The lowest BCUT2D eigenvalue weighted by Gasteiger charge is -2.24. The van der Waals surface area contributed by atoms with E-state index in [4.69, 9.17) is 0 Å². The summed E-state index contributed by atoms with van der Waals surface area (Å²) in [6, 6.07) is 9.03. The predicted molar refractivity (Wildman–Crippen MR) is 69.6 cm³/mol. The minimum atomic E-state index is 0.248. The van der Waals surface area contributed by atoms with Gasteiger partial charge in [0.2, 0.25) is 5.95 Å². The van der Waals surface area contributed by atoms with Gasteiger partial charge in [-0.25, -0.2) is 4.68 Å². The van der Waals surface area contributed by atoms with Crippen molar-refractivity contribution in [3.8, 4) is 0 Å². The first-order valence-corrected chi connectivity index (χ1v) is 6.37. The maximum Gasteiger partial charge on any atom is 0.243 e. The third kappa shape index (κ3) is 1.85. The minimum Gasteiger partial charge on any atom is -0.353 e. The van der Waals surface area contributed by atoms with Gasteiger partial charge < -0.3 is 5.32 Å². The lowest BCUT2D eigenvalue weighted by Crippen LogP contribution is -2.24. The van der Waals surface area contributed by atoms with Crippen LogP contribution in [0.2, 0.25) is 0 Å². The SMILES string of the molecule is CC(C)c1ccc(C2CCNc3nnnn32)cc1. The summed E-state index contributed by atoms with van der Waals surface area (Å²) in [5.74, 6) is 1.33. The second-order valence-electron chi connectivity index (χ2n) is 5.00. The largest absolute Gasteiger partial charge is 0.353 e. The van der Waals surface area contributed by atoms with Crippen molar-refractivity contribution in [2.45, 2.75) is 32.2 Å². The first-order valence-electron chi connectivity index (χ1n) is 6.37. The Morgan fingerprint density at radius 1 is 1.28 bits per heavy atom. The van der Waals surface area contributed by atoms with Gasteiger partial charge in [0.1, 0.15) is 0 Å². The average molecular weight is 243 g/mol. The van der Waals surface area contributed by atoms with E-state index < -0.39 is 0 Å². The summed E-state index contributed by atoms with van der Waals surface area (Å²) >= 11 is 0. The van der Waals surface area contributed by atoms with Gasteiger partial charge in [-0.1, -0.05) is 43.2 Å². The Kier molecular flexibility index (Phi) is 2.74. The highest BCUT2D eigenvalue weighted by molar-refractivity contribution is 5.32. The van der Waals surface area contributed by atoms with Crippen molar-refractivity contribution in [1.82, 2.24) is 20.2 Å². The molecule has 3 rings (SSSR count). The van der Waals surface area contributed by atoms with Crippen LogP contribution >= 0.6 is 0 Å². The Morgan fingerprint density at radius 2 is 2.06 bits per heavy atom. The molecule has 0 saturated carbocycles. The summed E-state index contributed by atoms with van der Waals surface area (Å²) in [5, 5.41) is 15.0. The molecule has 1 aliphatic rings. The Labute approximate surface area is 106 Å². The zero-order chi connectivity index (χ0) is 12.5. The van der Waals surface area contributed by atoms with Gasteiger partial charge in [-0.05, 0) is 33.9 Å². The molecule has 2 heterocycles. The summed E-state index contributed by atoms with van der Waals surface area (Å²) in [7, 11) is 0. The lowest BCUT2D eigenvalue weighted by atomic mass is 9.97. The number of rotatable bonds is 2. The number of hydrogen-bond donors (Lipinski definition) is 1. The lowest BCUT2D eigenvalue weighted by molar-refractivity contribution is 0.469. The van der Waals surface area contributed by atoms with Crippen molar-refractivity contribution in [2.24, 2.45) is 0 Å². The van der Waals surface area contributed by atoms with Crippen LogP contribution in [0.15, 0.2) is 24.3 Å². The fourth-order valence-electron chi connectivity index (χ4n) is 2.37. The smallest absolute Gasteiger partial charge is 0.243 e. The molecule has 1 aliphatic heterocycles. The molecule has 0 saturated heterocycles. The molecule has 1 unspecified atom stereocenters. The van der Waals surface area contributed by atoms with Gasteiger partial charge in [-0.3, -0.25) is 0 Å². The molecular formula is C13H17N5. The summed E-state index contributed by atoms with van der Waals surface area (Å²) in [4.78, 5) is 0. The number of aromatic nitrogens is 4. The normalized spacial score (nSPS) is 18.5. The summed E-state index contributed by atoms with van der Waals surface area (Å²) in [6.07, 6.45) is 1.01. The van der Waals surface area contributed by atoms with Crippen LogP contribution in [0.25, 0.3) is 0 Å². The highest BCUT2D eigenvalue weighted by atomic mass is 15.6. The van der Waals surface area contributed by atoms with Crippen molar-refractivity contribution in [1.29, 1.82) is 0 Å². The van der Waals surface area contributed by atoms with Crippen LogP contribution in [0.4, 0.5) is 5.95 Å². The second kappa shape index (κ2) is 4.40. The number of nitrogens with one attached hydrogen (secondary N) is 1. The summed E-state index contributed by atoms with van der Waals surface area (Å²) in [6.45, 7) is 5.33. The molecule has 1 N–H and O–H groups in total. The molecule has 5 nitrogen and oxygen atoms in total. The number of nitrogens with zero attached hydrogens (tertiary/aromatic N) is 4. The van der Waals surface area contributed by atoms with Crippen LogP contribution in [-0.4, -0.2) is 26.8 Å². The first kappa shape index (κ1) is 11.2. The number of anilines is 1. The molecule has 18 heavy (non-hydrogen) atoms. The molecular weight excluding hydrogens is 226 g/mol. The van der Waals surface area contributed by atoms with Gasteiger partial charge >= 0.3 is 0 Å². The predicted octanol–water partition coefficient (Wildman–Crippen LogP) is 2.20. The molecule has 0 radical (unpaired) electrons. The number of benzene rings is 1. The standard InChI is InChI=1S/C13H17N5/c1-9(2)10-3-5-11(6-4-10)12-7-8-14-13-15-16-17-18(12)13/h3-6,9,12H,7-8H2,1-2H3,(H,14,15,17). The van der Waals surface area contributed by atoms with E-state index in [1.54, 1.807) is 0 Å². The van der Waals surface area contributed by atoms with E-state index in [0.29, 0.717) is 5.92 Å². The van der Waals surface area contributed by atoms with Crippen molar-refractivity contribution < 1.29 is 0 Å². The van der Waals surface area contributed by atoms with Crippen LogP contribution in [0.1, 0.15) is 43.4 Å². The van der Waals surface area contributed by atoms with Crippen molar-refractivity contribution in [3.63, 3.8) is 0 Å². The van der Waals surface area contributed by atoms with Crippen molar-refractivity contribution in [2.75, 3.05) is 11.9 Å². The van der Waals surface area contributed by atoms with E-state index in [1.165, 1.54) is 11.1 Å². The number of hydrogen-bond acceptors (Lipinski definition) is 4. The van der Waals surface area contributed by atoms with Gasteiger partial charge in [0, 0.05) is 6.54 Å². The van der Waals surface area contributed by atoms with Crippen LogP contribution in [0.5, 0.6) is 0 Å². The van der Waals surface area contributed by atoms with Gasteiger partial charge in [-0.2, -0.15) is 0 Å². The Balaban J connectivity index is 1.92. The quantitative estimate of drug-likeness (QED) is 0.878. The second-order valence-corrected chi connectivity index (χ2v) is 5.00. The van der Waals surface area contributed by atoms with Crippen molar-refractivity contribution >= 4 is 5.95 Å². The average Bonchev–Trinajstić information content (AvgIpc) is 2.87. The Hall–Kier alpha value is -1.91. The number of tetrazole rings is 1. The molecule has 94 valence electrons.